The second kappa shape index (κ2) is 3.64. The van der Waals surface area contributed by atoms with Crippen molar-refractivity contribution in [3.05, 3.63) is 24.3 Å². The van der Waals surface area contributed by atoms with E-state index in [0.717, 1.165) is 0 Å². The molecule has 0 aliphatic heterocycles. The summed E-state index contributed by atoms with van der Waals surface area (Å²) in [6.45, 7) is 0. The zero-order valence-corrected chi connectivity index (χ0v) is 6.06. The summed E-state index contributed by atoms with van der Waals surface area (Å²) >= 11 is 0. The molecule has 0 N–H and O–H groups in total. The summed E-state index contributed by atoms with van der Waals surface area (Å²) in [6.07, 6.45) is 3.97. The Balaban J connectivity index is 2.85. The summed E-state index contributed by atoms with van der Waals surface area (Å²) in [7, 11) is 1.47. The molecule has 56 valence electrons. The number of nitriles is 1. The Morgan fingerprint density at radius 3 is 2.64 bits per heavy atom. The largest absolute Gasteiger partial charge is 0.362 e. The van der Waals surface area contributed by atoms with Gasteiger partial charge in [0.1, 0.15) is 6.33 Å². The molecule has 0 aliphatic carbocycles. The van der Waals surface area contributed by atoms with Crippen LogP contribution < -0.4 is 0 Å². The fourth-order valence-electron chi connectivity index (χ4n) is 0.709. The smallest absolute Gasteiger partial charge is 0.171 e. The highest BCUT2D eigenvalue weighted by Crippen LogP contribution is 2.11. The van der Waals surface area contributed by atoms with Gasteiger partial charge >= 0.3 is 0 Å². The summed E-state index contributed by atoms with van der Waals surface area (Å²) < 4.78 is 4.84. The van der Waals surface area contributed by atoms with Crippen LogP contribution in [-0.2, 0) is 4.74 Å². The predicted octanol–water partition coefficient (Wildman–Crippen LogP) is 0.688. The highest BCUT2D eigenvalue weighted by atomic mass is 16.5. The number of rotatable bonds is 2. The quantitative estimate of drug-likeness (QED) is 0.620. The summed E-state index contributed by atoms with van der Waals surface area (Å²) in [4.78, 5) is 7.52. The molecule has 1 unspecified atom stereocenters. The molecule has 0 saturated heterocycles. The summed E-state index contributed by atoms with van der Waals surface area (Å²) in [5.74, 6) is 0. The Bertz CT molecular complexity index is 254. The van der Waals surface area contributed by atoms with E-state index in [1.54, 1.807) is 12.4 Å². The normalized spacial score (nSPS) is 12.0. The summed E-state index contributed by atoms with van der Waals surface area (Å²) in [5.41, 5.74) is 0.678. The highest BCUT2D eigenvalue weighted by Gasteiger charge is 2.07. The Labute approximate surface area is 64.5 Å². The molecule has 1 aromatic heterocycles. The van der Waals surface area contributed by atoms with Crippen LogP contribution in [-0.4, -0.2) is 17.1 Å². The van der Waals surface area contributed by atoms with Gasteiger partial charge in [0.15, 0.2) is 6.10 Å². The maximum Gasteiger partial charge on any atom is 0.171 e. The predicted molar refractivity (Wildman–Crippen MR) is 37.4 cm³/mol. The molecule has 1 aromatic rings. The number of nitrogens with zero attached hydrogens (tertiary/aromatic N) is 3. The van der Waals surface area contributed by atoms with Crippen LogP contribution in [0.2, 0.25) is 0 Å². The Kier molecular flexibility index (Phi) is 2.53. The van der Waals surface area contributed by atoms with Crippen LogP contribution >= 0.6 is 0 Å². The van der Waals surface area contributed by atoms with Crippen molar-refractivity contribution < 1.29 is 4.74 Å². The van der Waals surface area contributed by atoms with E-state index in [0.29, 0.717) is 5.56 Å². The Morgan fingerprint density at radius 1 is 1.55 bits per heavy atom. The Hall–Kier alpha value is -1.47. The van der Waals surface area contributed by atoms with E-state index in [1.165, 1.54) is 13.4 Å². The first-order valence-electron chi connectivity index (χ1n) is 3.06. The summed E-state index contributed by atoms with van der Waals surface area (Å²) in [6, 6.07) is 1.97. The van der Waals surface area contributed by atoms with Crippen molar-refractivity contribution in [3.8, 4) is 6.07 Å². The molecule has 4 heteroatoms. The van der Waals surface area contributed by atoms with E-state index >= 15 is 0 Å². The van der Waals surface area contributed by atoms with Gasteiger partial charge < -0.3 is 4.74 Å². The van der Waals surface area contributed by atoms with Crippen LogP contribution in [0.4, 0.5) is 0 Å². The van der Waals surface area contributed by atoms with Crippen molar-refractivity contribution >= 4 is 0 Å². The van der Waals surface area contributed by atoms with E-state index in [4.69, 9.17) is 10.00 Å². The first-order valence-corrected chi connectivity index (χ1v) is 3.06. The van der Waals surface area contributed by atoms with Gasteiger partial charge in [-0.25, -0.2) is 9.97 Å². The molecule has 11 heavy (non-hydrogen) atoms. The van der Waals surface area contributed by atoms with Crippen LogP contribution in [0, 0.1) is 11.3 Å². The van der Waals surface area contributed by atoms with Crippen molar-refractivity contribution in [3.63, 3.8) is 0 Å². The molecule has 1 atom stereocenters. The molecular weight excluding hydrogens is 142 g/mol. The average molecular weight is 149 g/mol. The van der Waals surface area contributed by atoms with Gasteiger partial charge in [-0.1, -0.05) is 0 Å². The van der Waals surface area contributed by atoms with Gasteiger partial charge in [-0.3, -0.25) is 0 Å². The van der Waals surface area contributed by atoms with Crippen LogP contribution in [0.5, 0.6) is 0 Å². The molecule has 0 fully saturated rings. The Morgan fingerprint density at radius 2 is 2.18 bits per heavy atom. The first kappa shape index (κ1) is 7.63. The zero-order chi connectivity index (χ0) is 8.10. The number of aromatic nitrogens is 2. The lowest BCUT2D eigenvalue weighted by Gasteiger charge is -2.03. The number of hydrogen-bond donors (Lipinski definition) is 0. The van der Waals surface area contributed by atoms with Crippen LogP contribution in [0.1, 0.15) is 11.7 Å². The van der Waals surface area contributed by atoms with Crippen LogP contribution in [0.25, 0.3) is 0 Å². The van der Waals surface area contributed by atoms with Gasteiger partial charge in [-0.05, 0) is 0 Å². The maximum atomic E-state index is 8.55. The minimum absolute atomic E-state index is 0.559. The second-order valence-electron chi connectivity index (χ2n) is 1.92. The molecule has 1 heterocycles. The third-order valence-electron chi connectivity index (χ3n) is 1.24. The van der Waals surface area contributed by atoms with Crippen molar-refractivity contribution in [1.29, 1.82) is 5.26 Å². The van der Waals surface area contributed by atoms with Crippen LogP contribution in [0.3, 0.4) is 0 Å². The van der Waals surface area contributed by atoms with Crippen molar-refractivity contribution in [2.75, 3.05) is 7.11 Å². The molecule has 0 bridgehead atoms. The number of hydrogen-bond acceptors (Lipinski definition) is 4. The monoisotopic (exact) mass is 149 g/mol. The average Bonchev–Trinajstić information content (AvgIpc) is 2.09. The molecule has 0 aromatic carbocycles. The molecule has 4 nitrogen and oxygen atoms in total. The molecule has 0 aliphatic rings. The van der Waals surface area contributed by atoms with Gasteiger partial charge in [-0.15, -0.1) is 0 Å². The zero-order valence-electron chi connectivity index (χ0n) is 6.06. The van der Waals surface area contributed by atoms with E-state index in [1.807, 2.05) is 6.07 Å². The molecule has 0 saturated carbocycles. The lowest BCUT2D eigenvalue weighted by atomic mass is 10.2. The fourth-order valence-corrected chi connectivity index (χ4v) is 0.709. The van der Waals surface area contributed by atoms with E-state index < -0.39 is 6.10 Å². The molecule has 0 spiro atoms. The topological polar surface area (TPSA) is 58.8 Å². The van der Waals surface area contributed by atoms with Gasteiger partial charge in [0.2, 0.25) is 0 Å². The lowest BCUT2D eigenvalue weighted by Crippen LogP contribution is -1.98. The number of methoxy groups -OCH3 is 1. The fraction of sp³-hybridized carbons (Fsp3) is 0.286. The van der Waals surface area contributed by atoms with Gasteiger partial charge in [0.05, 0.1) is 6.07 Å². The van der Waals surface area contributed by atoms with E-state index in [-0.39, 0.29) is 0 Å². The SMILES string of the molecule is COC(C#N)c1cncnc1. The van der Waals surface area contributed by atoms with E-state index in [2.05, 4.69) is 9.97 Å². The molecular formula is C7H7N3O. The van der Waals surface area contributed by atoms with Crippen molar-refractivity contribution in [2.45, 2.75) is 6.10 Å². The summed E-state index contributed by atoms with van der Waals surface area (Å²) in [5, 5.41) is 8.55. The maximum absolute atomic E-state index is 8.55. The van der Waals surface area contributed by atoms with Gasteiger partial charge in [0, 0.05) is 25.1 Å². The third-order valence-corrected chi connectivity index (χ3v) is 1.24. The van der Waals surface area contributed by atoms with Gasteiger partial charge in [0.25, 0.3) is 0 Å². The second-order valence-corrected chi connectivity index (χ2v) is 1.92. The first-order chi connectivity index (χ1) is 5.38. The lowest BCUT2D eigenvalue weighted by molar-refractivity contribution is 0.148. The molecule has 1 rings (SSSR count). The number of ether oxygens (including phenoxy) is 1. The molecule has 0 amide bonds. The minimum Gasteiger partial charge on any atom is -0.362 e. The van der Waals surface area contributed by atoms with Crippen molar-refractivity contribution in [2.24, 2.45) is 0 Å². The highest BCUT2D eigenvalue weighted by molar-refractivity contribution is 5.13. The molecule has 0 radical (unpaired) electrons. The van der Waals surface area contributed by atoms with E-state index in [9.17, 15) is 0 Å². The van der Waals surface area contributed by atoms with Crippen LogP contribution in [0.15, 0.2) is 18.7 Å². The van der Waals surface area contributed by atoms with Crippen molar-refractivity contribution in [1.82, 2.24) is 9.97 Å². The van der Waals surface area contributed by atoms with Gasteiger partial charge in [-0.2, -0.15) is 5.26 Å². The third kappa shape index (κ3) is 1.72. The standard InChI is InChI=1S/C7H7N3O/c1-11-7(2-8)6-3-9-5-10-4-6/h3-5,7H,1H3. The minimum atomic E-state index is -0.559.